The topological polar surface area (TPSA) is 169 Å². The molecule has 0 radical (unpaired) electrons. The first-order valence-electron chi connectivity index (χ1n) is 13.0. The number of H-pyrrole nitrogens is 1. The second kappa shape index (κ2) is 8.36. The first-order chi connectivity index (χ1) is 18.0. The number of carbonyl (C=O) groups is 1. The van der Waals surface area contributed by atoms with Crippen LogP contribution in [0.3, 0.4) is 0 Å². The summed E-state index contributed by atoms with van der Waals surface area (Å²) in [4.78, 5) is 35.8. The smallest absolute Gasteiger partial charge is 0.343 e. The maximum atomic E-state index is 12.7. The summed E-state index contributed by atoms with van der Waals surface area (Å²) in [6.07, 6.45) is 9.70. The minimum atomic E-state index is -0.579. The minimum Gasteiger partial charge on any atom is -0.423 e. The monoisotopic (exact) mass is 523 g/mol. The van der Waals surface area contributed by atoms with Gasteiger partial charge in [0, 0.05) is 24.5 Å². The number of nitrogens with two attached hydrogens (primary N) is 1. The molecule has 1 spiro atoms. The second-order valence-corrected chi connectivity index (χ2v) is 11.7. The fourth-order valence-corrected chi connectivity index (χ4v) is 7.30. The van der Waals surface area contributed by atoms with Crippen LogP contribution in [0.1, 0.15) is 45.4 Å². The third-order valence-electron chi connectivity index (χ3n) is 9.57. The van der Waals surface area contributed by atoms with Gasteiger partial charge >= 0.3 is 5.97 Å². The molecule has 2 aliphatic carbocycles. The third-order valence-corrected chi connectivity index (χ3v) is 9.57. The second-order valence-electron chi connectivity index (χ2n) is 11.7. The number of aryl methyl sites for hydroxylation is 1. The number of aliphatic hydroxyl groups is 2. The number of nitrogens with one attached hydrogen (secondary N) is 1. The minimum absolute atomic E-state index is 0.00726. The predicted octanol–water partition coefficient (Wildman–Crippen LogP) is 1.57. The highest BCUT2D eigenvalue weighted by molar-refractivity contribution is 5.96. The van der Waals surface area contributed by atoms with Crippen LogP contribution < -0.4 is 11.3 Å². The molecule has 1 saturated heterocycles. The number of anilines is 1. The quantitative estimate of drug-likeness (QED) is 0.343. The fourth-order valence-electron chi connectivity index (χ4n) is 7.30. The highest BCUT2D eigenvalue weighted by Crippen LogP contribution is 2.65. The summed E-state index contributed by atoms with van der Waals surface area (Å²) in [6.45, 7) is 4.82. The molecular weight excluding hydrogens is 490 g/mol. The van der Waals surface area contributed by atoms with Crippen molar-refractivity contribution in [1.29, 1.82) is 0 Å². The number of hydrogen-bond acceptors (Lipinski definition) is 9. The van der Waals surface area contributed by atoms with Gasteiger partial charge in [0.2, 0.25) is 5.95 Å². The molecule has 0 amide bonds. The van der Waals surface area contributed by atoms with Crippen LogP contribution >= 0.6 is 0 Å². The number of aromatic amines is 1. The van der Waals surface area contributed by atoms with Crippen molar-refractivity contribution >= 4 is 29.2 Å². The van der Waals surface area contributed by atoms with Crippen molar-refractivity contribution in [2.45, 2.75) is 51.2 Å². The van der Waals surface area contributed by atoms with Gasteiger partial charge in [-0.1, -0.05) is 26.0 Å². The van der Waals surface area contributed by atoms with Crippen LogP contribution in [0, 0.1) is 22.7 Å². The van der Waals surface area contributed by atoms with Crippen LogP contribution in [-0.2, 0) is 21.3 Å². The van der Waals surface area contributed by atoms with Gasteiger partial charge in [0.1, 0.15) is 11.6 Å². The Labute approximate surface area is 219 Å². The van der Waals surface area contributed by atoms with Gasteiger partial charge in [0.15, 0.2) is 11.2 Å². The molecule has 11 heteroatoms. The van der Waals surface area contributed by atoms with Gasteiger partial charge in [0.25, 0.3) is 5.56 Å². The van der Waals surface area contributed by atoms with E-state index in [0.717, 1.165) is 19.3 Å². The lowest BCUT2D eigenvalue weighted by molar-refractivity contribution is -0.167. The van der Waals surface area contributed by atoms with Gasteiger partial charge in [-0.2, -0.15) is 4.98 Å². The largest absolute Gasteiger partial charge is 0.423 e. The summed E-state index contributed by atoms with van der Waals surface area (Å²) in [6, 6.07) is 0. The Bertz CT molecular complexity index is 1480. The summed E-state index contributed by atoms with van der Waals surface area (Å²) < 4.78 is 13.1. The lowest BCUT2D eigenvalue weighted by atomic mass is 9.45. The van der Waals surface area contributed by atoms with Crippen molar-refractivity contribution in [1.82, 2.24) is 19.5 Å². The molecule has 6 atom stereocenters. The Morgan fingerprint density at radius 2 is 2.03 bits per heavy atom. The SMILES string of the molecule is Cn1c(/C=C2C=C(/C=C/C3C4(CCC5[C@]3(C)CC[C@@H](O)[C@@]5(C)CO)CO4)C(=O)O\2)nc2c(=O)[nH]c(N)nc21. The van der Waals surface area contributed by atoms with Gasteiger partial charge in [-0.05, 0) is 43.1 Å². The number of ether oxygens (including phenoxy) is 2. The molecule has 2 saturated carbocycles. The van der Waals surface area contributed by atoms with Gasteiger partial charge < -0.3 is 30.0 Å². The number of cyclic esters (lactones) is 1. The maximum absolute atomic E-state index is 12.7. The molecule has 202 valence electrons. The number of epoxide rings is 1. The fraction of sp³-hybridized carbons (Fsp3) is 0.556. The number of hydrogen-bond donors (Lipinski definition) is 4. The Morgan fingerprint density at radius 1 is 1.26 bits per heavy atom. The van der Waals surface area contributed by atoms with E-state index in [1.54, 1.807) is 29.8 Å². The molecule has 2 aliphatic heterocycles. The number of aliphatic hydroxyl groups excluding tert-OH is 2. The number of allylic oxidation sites excluding steroid dienone is 1. The Balaban J connectivity index is 1.31. The molecular formula is C27H33N5O6. The molecule has 2 aromatic rings. The number of imidazole rings is 1. The van der Waals surface area contributed by atoms with Gasteiger partial charge in [-0.3, -0.25) is 9.78 Å². The molecule has 3 unspecified atom stereocenters. The lowest BCUT2D eigenvalue weighted by Crippen LogP contribution is -2.60. The number of esters is 1. The lowest BCUT2D eigenvalue weighted by Gasteiger charge is -2.60. The number of fused-ring (bicyclic) bond motifs is 2. The summed E-state index contributed by atoms with van der Waals surface area (Å²) >= 11 is 0. The predicted molar refractivity (Wildman–Crippen MR) is 138 cm³/mol. The van der Waals surface area contributed by atoms with Crippen LogP contribution in [-0.4, -0.2) is 60.6 Å². The van der Waals surface area contributed by atoms with Crippen molar-refractivity contribution in [2.24, 2.45) is 29.7 Å². The average Bonchev–Trinajstić information content (AvgIpc) is 3.46. The van der Waals surface area contributed by atoms with Gasteiger partial charge in [-0.15, -0.1) is 0 Å². The van der Waals surface area contributed by atoms with E-state index < -0.39 is 23.0 Å². The average molecular weight is 524 g/mol. The van der Waals surface area contributed by atoms with E-state index in [1.165, 1.54) is 0 Å². The van der Waals surface area contributed by atoms with E-state index in [-0.39, 0.29) is 40.9 Å². The van der Waals surface area contributed by atoms with Crippen molar-refractivity contribution < 1.29 is 24.5 Å². The highest BCUT2D eigenvalue weighted by atomic mass is 16.6. The van der Waals surface area contributed by atoms with Crippen LogP contribution in [0.25, 0.3) is 17.2 Å². The third kappa shape index (κ3) is 3.59. The maximum Gasteiger partial charge on any atom is 0.343 e. The van der Waals surface area contributed by atoms with Crippen LogP contribution in [0.15, 0.2) is 34.4 Å². The van der Waals surface area contributed by atoms with Crippen LogP contribution in [0.4, 0.5) is 5.95 Å². The summed E-state index contributed by atoms with van der Waals surface area (Å²) in [5, 5.41) is 21.0. The van der Waals surface area contributed by atoms with Crippen molar-refractivity contribution in [2.75, 3.05) is 18.9 Å². The summed E-state index contributed by atoms with van der Waals surface area (Å²) in [7, 11) is 1.70. The zero-order valence-electron chi connectivity index (χ0n) is 21.7. The van der Waals surface area contributed by atoms with Crippen molar-refractivity contribution in [3.05, 3.63) is 45.7 Å². The molecule has 4 heterocycles. The molecule has 4 aliphatic rings. The van der Waals surface area contributed by atoms with Gasteiger partial charge in [-0.25, -0.2) is 9.78 Å². The molecule has 5 N–H and O–H groups in total. The Hall–Kier alpha value is -3.28. The van der Waals surface area contributed by atoms with E-state index in [1.807, 2.05) is 6.92 Å². The number of rotatable bonds is 4. The van der Waals surface area contributed by atoms with E-state index in [4.69, 9.17) is 15.2 Å². The Kier molecular flexibility index (Phi) is 5.50. The van der Waals surface area contributed by atoms with E-state index in [2.05, 4.69) is 28.0 Å². The number of aromatic nitrogens is 4. The Morgan fingerprint density at radius 3 is 2.74 bits per heavy atom. The standard InChI is InChI=1S/C27H33N5O6/c1-25-8-7-18(34)26(2,12-33)16(25)6-9-27(13-37-27)17(25)5-4-14-10-15(38-23(14)36)11-19-29-20-21(32(19)3)30-24(28)31-22(20)35/h4-5,10-11,16-18,33-34H,6-9,12-13H2,1-3H3,(H3,28,30,31,35)/b5-4+,15-11+/t16?,17?,18-,25+,26+,27?/m1/s1. The highest BCUT2D eigenvalue weighted by Gasteiger charge is 2.66. The van der Waals surface area contributed by atoms with E-state index >= 15 is 0 Å². The first-order valence-corrected chi connectivity index (χ1v) is 13.0. The number of nitrogen functional groups attached to an aromatic ring is 1. The molecule has 2 aromatic heterocycles. The molecule has 6 rings (SSSR count). The van der Waals surface area contributed by atoms with Crippen LogP contribution in [0.5, 0.6) is 0 Å². The van der Waals surface area contributed by atoms with Crippen molar-refractivity contribution in [3.63, 3.8) is 0 Å². The zero-order valence-corrected chi connectivity index (χ0v) is 21.7. The molecule has 0 bridgehead atoms. The molecule has 3 fully saturated rings. The first kappa shape index (κ1) is 25.0. The normalized spacial score (nSPS) is 37.7. The van der Waals surface area contributed by atoms with E-state index in [0.29, 0.717) is 35.8 Å². The number of carbonyl (C=O) groups excluding carboxylic acids is 1. The van der Waals surface area contributed by atoms with Crippen molar-refractivity contribution in [3.8, 4) is 0 Å². The molecule has 0 aromatic carbocycles. The van der Waals surface area contributed by atoms with Gasteiger partial charge in [0.05, 0.1) is 30.5 Å². The summed E-state index contributed by atoms with van der Waals surface area (Å²) in [5.41, 5.74) is 5.04. The van der Waals surface area contributed by atoms with E-state index in [9.17, 15) is 19.8 Å². The molecule has 11 nitrogen and oxygen atoms in total. The number of nitrogens with zero attached hydrogens (tertiary/aromatic N) is 3. The van der Waals surface area contributed by atoms with Crippen LogP contribution in [0.2, 0.25) is 0 Å². The molecule has 38 heavy (non-hydrogen) atoms. The summed E-state index contributed by atoms with van der Waals surface area (Å²) in [5.74, 6) is 0.357. The zero-order chi connectivity index (χ0) is 27.0.